The molecule has 0 aliphatic rings. The van der Waals surface area contributed by atoms with Crippen LogP contribution in [0.4, 0.5) is 0 Å². The highest BCUT2D eigenvalue weighted by atomic mass is 31.1. The average molecular weight is 301 g/mol. The zero-order valence-corrected chi connectivity index (χ0v) is 13.3. The van der Waals surface area contributed by atoms with Crippen LogP contribution in [-0.4, -0.2) is 6.16 Å². The second-order valence-corrected chi connectivity index (χ2v) is 6.39. The highest BCUT2D eigenvalue weighted by Gasteiger charge is 2.17. The van der Waals surface area contributed by atoms with Gasteiger partial charge in [0.2, 0.25) is 8.03 Å². The smallest absolute Gasteiger partial charge is 0.213 e. The normalized spacial score (nSPS) is 11.6. The zero-order valence-electron chi connectivity index (χ0n) is 12.4. The van der Waals surface area contributed by atoms with E-state index in [0.29, 0.717) is 6.16 Å². The summed E-state index contributed by atoms with van der Waals surface area (Å²) in [5.41, 5.74) is 2.09. The molecule has 0 aliphatic carbocycles. The van der Waals surface area contributed by atoms with Gasteiger partial charge in [0.05, 0.1) is 0 Å². The van der Waals surface area contributed by atoms with Crippen LogP contribution in [0.1, 0.15) is 43.4 Å². The highest BCUT2D eigenvalue weighted by molar-refractivity contribution is 7.39. The maximum Gasteiger partial charge on any atom is 0.213 e. The predicted octanol–water partition coefficient (Wildman–Crippen LogP) is 5.73. The van der Waals surface area contributed by atoms with Gasteiger partial charge in [-0.15, -0.1) is 0 Å². The third kappa shape index (κ3) is 5.08. The van der Waals surface area contributed by atoms with Crippen molar-refractivity contribution in [1.29, 1.82) is 0 Å². The lowest BCUT2D eigenvalue weighted by molar-refractivity contribution is 0.260. The van der Waals surface area contributed by atoms with Crippen molar-refractivity contribution in [3.63, 3.8) is 0 Å². The third-order valence-electron chi connectivity index (χ3n) is 3.37. The van der Waals surface area contributed by atoms with Gasteiger partial charge in [-0.1, -0.05) is 80.4 Å². The van der Waals surface area contributed by atoms with Crippen LogP contribution in [0.5, 0.6) is 0 Å². The Balaban J connectivity index is 2.12. The molecular formula is C18H22O2P. The Labute approximate surface area is 128 Å². The first-order valence-electron chi connectivity index (χ1n) is 7.52. The number of hydrogen-bond acceptors (Lipinski definition) is 2. The molecule has 0 saturated carbocycles. The van der Waals surface area contributed by atoms with Gasteiger partial charge in [0.25, 0.3) is 0 Å². The average Bonchev–Trinajstić information content (AvgIpc) is 2.54. The molecule has 0 N–H and O–H groups in total. The van der Waals surface area contributed by atoms with E-state index in [-0.39, 0.29) is 6.10 Å². The molecular weight excluding hydrogens is 279 g/mol. The van der Waals surface area contributed by atoms with E-state index in [9.17, 15) is 4.57 Å². The summed E-state index contributed by atoms with van der Waals surface area (Å²) < 4.78 is 18.1. The van der Waals surface area contributed by atoms with Gasteiger partial charge >= 0.3 is 0 Å². The first-order valence-corrected chi connectivity index (χ1v) is 8.89. The second-order valence-electron chi connectivity index (χ2n) is 5.07. The molecule has 3 heteroatoms. The SMILES string of the molecule is CCCCC[P](=O)OC(c1ccccc1)c1ccccc1. The minimum absolute atomic E-state index is 0.252. The fourth-order valence-corrected chi connectivity index (χ4v) is 3.30. The third-order valence-corrected chi connectivity index (χ3v) is 4.50. The van der Waals surface area contributed by atoms with Crippen LogP contribution in [0.3, 0.4) is 0 Å². The topological polar surface area (TPSA) is 26.3 Å². The molecule has 0 fully saturated rings. The lowest BCUT2D eigenvalue weighted by Gasteiger charge is -2.17. The number of rotatable bonds is 8. The van der Waals surface area contributed by atoms with E-state index in [1.807, 2.05) is 60.7 Å². The van der Waals surface area contributed by atoms with Crippen molar-refractivity contribution in [2.24, 2.45) is 0 Å². The van der Waals surface area contributed by atoms with E-state index in [0.717, 1.165) is 30.4 Å². The van der Waals surface area contributed by atoms with Gasteiger partial charge in [-0.25, -0.2) is 0 Å². The molecule has 21 heavy (non-hydrogen) atoms. The molecule has 0 aliphatic heterocycles. The maximum atomic E-state index is 12.2. The van der Waals surface area contributed by atoms with Gasteiger partial charge in [0.1, 0.15) is 6.10 Å². The first-order chi connectivity index (χ1) is 10.3. The molecule has 1 unspecified atom stereocenters. The fourth-order valence-electron chi connectivity index (χ4n) is 2.23. The van der Waals surface area contributed by atoms with Crippen LogP contribution in [0.15, 0.2) is 60.7 Å². The summed E-state index contributed by atoms with van der Waals surface area (Å²) in [5, 5.41) is 0. The van der Waals surface area contributed by atoms with Gasteiger partial charge in [0, 0.05) is 6.16 Å². The molecule has 111 valence electrons. The summed E-state index contributed by atoms with van der Waals surface area (Å²) in [7, 11) is -1.63. The van der Waals surface area contributed by atoms with Crippen LogP contribution in [0, 0.1) is 0 Å². The van der Waals surface area contributed by atoms with Crippen molar-refractivity contribution in [3.8, 4) is 0 Å². The van der Waals surface area contributed by atoms with Crippen molar-refractivity contribution >= 4 is 8.03 Å². The maximum absolute atomic E-state index is 12.2. The van der Waals surface area contributed by atoms with Crippen molar-refractivity contribution in [2.45, 2.75) is 32.3 Å². The molecule has 2 nitrogen and oxygen atoms in total. The lowest BCUT2D eigenvalue weighted by atomic mass is 10.0. The van der Waals surface area contributed by atoms with Crippen LogP contribution >= 0.6 is 8.03 Å². The molecule has 2 aromatic rings. The molecule has 2 rings (SSSR count). The Bertz CT molecular complexity index is 500. The Hall–Kier alpha value is -1.50. The van der Waals surface area contributed by atoms with Gasteiger partial charge in [0.15, 0.2) is 0 Å². The van der Waals surface area contributed by atoms with Crippen molar-refractivity contribution in [1.82, 2.24) is 0 Å². The summed E-state index contributed by atoms with van der Waals surface area (Å²) in [6.07, 6.45) is 3.58. The van der Waals surface area contributed by atoms with Gasteiger partial charge in [-0.3, -0.25) is 9.09 Å². The summed E-state index contributed by atoms with van der Waals surface area (Å²) in [5.74, 6) is 0. The molecule has 2 aromatic carbocycles. The lowest BCUT2D eigenvalue weighted by Crippen LogP contribution is -2.02. The molecule has 1 radical (unpaired) electrons. The monoisotopic (exact) mass is 301 g/mol. The Morgan fingerprint density at radius 2 is 1.43 bits per heavy atom. The van der Waals surface area contributed by atoms with Crippen molar-refractivity contribution in [2.75, 3.05) is 6.16 Å². The van der Waals surface area contributed by atoms with E-state index in [4.69, 9.17) is 4.52 Å². The van der Waals surface area contributed by atoms with E-state index >= 15 is 0 Å². The van der Waals surface area contributed by atoms with Gasteiger partial charge < -0.3 is 0 Å². The Kier molecular flexibility index (Phi) is 6.59. The summed E-state index contributed by atoms with van der Waals surface area (Å²) in [4.78, 5) is 0. The largest absolute Gasteiger partial charge is 0.291 e. The molecule has 0 saturated heterocycles. The molecule has 0 bridgehead atoms. The van der Waals surface area contributed by atoms with Gasteiger partial charge in [-0.05, 0) is 17.5 Å². The Morgan fingerprint density at radius 1 is 0.905 bits per heavy atom. The summed E-state index contributed by atoms with van der Waals surface area (Å²) in [6, 6.07) is 20.0. The van der Waals surface area contributed by atoms with Gasteiger partial charge in [-0.2, -0.15) is 0 Å². The van der Waals surface area contributed by atoms with E-state index < -0.39 is 8.03 Å². The first kappa shape index (κ1) is 15.9. The van der Waals surface area contributed by atoms with Crippen molar-refractivity contribution < 1.29 is 9.09 Å². The fraction of sp³-hybridized carbons (Fsp3) is 0.333. The van der Waals surface area contributed by atoms with Crippen LogP contribution in [-0.2, 0) is 9.09 Å². The summed E-state index contributed by atoms with van der Waals surface area (Å²) in [6.45, 7) is 2.14. The molecule has 0 spiro atoms. The molecule has 1 atom stereocenters. The Morgan fingerprint density at radius 3 is 1.90 bits per heavy atom. The number of hydrogen-bond donors (Lipinski definition) is 0. The minimum Gasteiger partial charge on any atom is -0.291 e. The molecule has 0 aromatic heterocycles. The minimum atomic E-state index is -1.63. The zero-order chi connectivity index (χ0) is 14.9. The van der Waals surface area contributed by atoms with Crippen LogP contribution in [0.2, 0.25) is 0 Å². The van der Waals surface area contributed by atoms with E-state index in [1.54, 1.807) is 0 Å². The van der Waals surface area contributed by atoms with Crippen molar-refractivity contribution in [3.05, 3.63) is 71.8 Å². The quantitative estimate of drug-likeness (QED) is 0.460. The van der Waals surface area contributed by atoms with E-state index in [1.165, 1.54) is 0 Å². The summed E-state index contributed by atoms with van der Waals surface area (Å²) >= 11 is 0. The second kappa shape index (κ2) is 8.71. The number of unbranched alkanes of at least 4 members (excludes halogenated alkanes) is 2. The van der Waals surface area contributed by atoms with Crippen LogP contribution < -0.4 is 0 Å². The van der Waals surface area contributed by atoms with Crippen LogP contribution in [0.25, 0.3) is 0 Å². The highest BCUT2D eigenvalue weighted by Crippen LogP contribution is 2.37. The predicted molar refractivity (Wildman–Crippen MR) is 87.8 cm³/mol. The standard InChI is InChI=1S/C18H22O2P/c1-2-3-10-15-21(19)20-18(16-11-6-4-7-12-16)17-13-8-5-9-14-17/h4-9,11-14,18H,2-3,10,15H2,1H3. The van der Waals surface area contributed by atoms with E-state index in [2.05, 4.69) is 6.92 Å². The molecule has 0 heterocycles. The number of benzene rings is 2. The molecule has 0 amide bonds.